The van der Waals surface area contributed by atoms with Crippen LogP contribution in [-0.4, -0.2) is 5.91 Å². The molecule has 1 unspecified atom stereocenters. The summed E-state index contributed by atoms with van der Waals surface area (Å²) in [7, 11) is 0. The monoisotopic (exact) mass is 367 g/mol. The van der Waals surface area contributed by atoms with Crippen LogP contribution < -0.4 is 16.8 Å². The van der Waals surface area contributed by atoms with Gasteiger partial charge in [0.2, 0.25) is 0 Å². The van der Waals surface area contributed by atoms with Crippen LogP contribution in [0, 0.1) is 0 Å². The molecule has 110 valence electrons. The Kier molecular flexibility index (Phi) is 4.75. The zero-order valence-corrected chi connectivity index (χ0v) is 13.7. The van der Waals surface area contributed by atoms with Crippen molar-refractivity contribution >= 4 is 44.8 Å². The van der Waals surface area contributed by atoms with E-state index in [0.717, 1.165) is 10.0 Å². The zero-order chi connectivity index (χ0) is 15.6. The quantitative estimate of drug-likeness (QED) is 0.715. The van der Waals surface area contributed by atoms with Crippen LogP contribution in [0.5, 0.6) is 0 Å². The summed E-state index contributed by atoms with van der Waals surface area (Å²) < 4.78 is 0.979. The molecule has 0 saturated heterocycles. The molecule has 0 fully saturated rings. The first kappa shape index (κ1) is 15.7. The second-order valence-corrected chi connectivity index (χ2v) is 6.03. The molecule has 1 amide bonds. The molecular formula is C15H15BrClN3O. The average Bonchev–Trinajstić information content (AvgIpc) is 2.41. The summed E-state index contributed by atoms with van der Waals surface area (Å²) in [6, 6.07) is 10.9. The fourth-order valence-corrected chi connectivity index (χ4v) is 2.74. The zero-order valence-electron chi connectivity index (χ0n) is 11.4. The second kappa shape index (κ2) is 6.37. The number of carbonyl (C=O) groups excluding carboxylic acids is 1. The normalized spacial score (nSPS) is 12.0. The first-order valence-corrected chi connectivity index (χ1v) is 7.46. The van der Waals surface area contributed by atoms with Crippen molar-refractivity contribution in [3.05, 3.63) is 57.0 Å². The molecule has 6 heteroatoms. The van der Waals surface area contributed by atoms with Crippen LogP contribution in [0.3, 0.4) is 0 Å². The van der Waals surface area contributed by atoms with Crippen LogP contribution in [0.4, 0.5) is 11.4 Å². The summed E-state index contributed by atoms with van der Waals surface area (Å²) in [4.78, 5) is 11.6. The maximum atomic E-state index is 11.6. The van der Waals surface area contributed by atoms with Crippen molar-refractivity contribution in [2.75, 3.05) is 11.1 Å². The summed E-state index contributed by atoms with van der Waals surface area (Å²) >= 11 is 9.62. The largest absolute Gasteiger partial charge is 0.399 e. The molecule has 0 radical (unpaired) electrons. The van der Waals surface area contributed by atoms with Gasteiger partial charge in [0.05, 0.1) is 16.3 Å². The summed E-state index contributed by atoms with van der Waals surface area (Å²) in [5.41, 5.74) is 13.3. The Morgan fingerprint density at radius 1 is 1.33 bits per heavy atom. The Balaban J connectivity index is 2.37. The SMILES string of the molecule is CC(Nc1c(Cl)cc(N)cc1C(N)=O)c1cccc(Br)c1. The van der Waals surface area contributed by atoms with Crippen LogP contribution >= 0.6 is 27.5 Å². The minimum Gasteiger partial charge on any atom is -0.399 e. The minimum absolute atomic E-state index is 0.0540. The highest BCUT2D eigenvalue weighted by Crippen LogP contribution is 2.32. The van der Waals surface area contributed by atoms with Gasteiger partial charge in [0, 0.05) is 16.2 Å². The van der Waals surface area contributed by atoms with Crippen LogP contribution in [0.1, 0.15) is 28.9 Å². The predicted molar refractivity (Wildman–Crippen MR) is 90.6 cm³/mol. The van der Waals surface area contributed by atoms with E-state index in [9.17, 15) is 4.79 Å². The summed E-state index contributed by atoms with van der Waals surface area (Å²) in [6.07, 6.45) is 0. The van der Waals surface area contributed by atoms with Gasteiger partial charge in [-0.05, 0) is 36.8 Å². The van der Waals surface area contributed by atoms with Crippen molar-refractivity contribution in [3.8, 4) is 0 Å². The highest BCUT2D eigenvalue weighted by Gasteiger charge is 2.16. The first-order valence-electron chi connectivity index (χ1n) is 6.29. The van der Waals surface area contributed by atoms with E-state index < -0.39 is 5.91 Å². The molecule has 0 aliphatic rings. The number of amides is 1. The van der Waals surface area contributed by atoms with Crippen LogP contribution in [0.25, 0.3) is 0 Å². The van der Waals surface area contributed by atoms with Gasteiger partial charge in [-0.3, -0.25) is 4.79 Å². The van der Waals surface area contributed by atoms with Gasteiger partial charge in [-0.15, -0.1) is 0 Å². The standard InChI is InChI=1S/C15H15BrClN3O/c1-8(9-3-2-4-10(16)5-9)20-14-12(15(19)21)6-11(18)7-13(14)17/h2-8,20H,18H2,1H3,(H2,19,21). The van der Waals surface area contributed by atoms with Gasteiger partial charge in [0.25, 0.3) is 5.91 Å². The molecule has 0 aliphatic heterocycles. The smallest absolute Gasteiger partial charge is 0.250 e. The third kappa shape index (κ3) is 3.68. The molecule has 2 aromatic rings. The van der Waals surface area contributed by atoms with E-state index >= 15 is 0 Å². The Bertz CT molecular complexity index is 691. The van der Waals surface area contributed by atoms with Crippen molar-refractivity contribution in [2.45, 2.75) is 13.0 Å². The fourth-order valence-electron chi connectivity index (χ4n) is 2.04. The minimum atomic E-state index is -0.576. The lowest BCUT2D eigenvalue weighted by Gasteiger charge is -2.19. The fraction of sp³-hybridized carbons (Fsp3) is 0.133. The van der Waals surface area contributed by atoms with Crippen LogP contribution in [0.2, 0.25) is 5.02 Å². The number of rotatable bonds is 4. The van der Waals surface area contributed by atoms with E-state index in [1.807, 2.05) is 31.2 Å². The molecule has 0 aliphatic carbocycles. The second-order valence-electron chi connectivity index (χ2n) is 4.71. The van der Waals surface area contributed by atoms with E-state index in [-0.39, 0.29) is 11.6 Å². The molecule has 0 bridgehead atoms. The number of nitrogens with one attached hydrogen (secondary N) is 1. The van der Waals surface area contributed by atoms with Gasteiger partial charge >= 0.3 is 0 Å². The van der Waals surface area contributed by atoms with Crippen molar-refractivity contribution < 1.29 is 4.79 Å². The third-order valence-corrected chi connectivity index (χ3v) is 3.88. The van der Waals surface area contributed by atoms with Crippen LogP contribution in [-0.2, 0) is 0 Å². The number of halogens is 2. The van der Waals surface area contributed by atoms with Gasteiger partial charge < -0.3 is 16.8 Å². The third-order valence-electron chi connectivity index (χ3n) is 3.09. The van der Waals surface area contributed by atoms with E-state index in [1.165, 1.54) is 6.07 Å². The van der Waals surface area contributed by atoms with Gasteiger partial charge in [0.15, 0.2) is 0 Å². The molecule has 5 N–H and O–H groups in total. The van der Waals surface area contributed by atoms with Gasteiger partial charge in [-0.2, -0.15) is 0 Å². The topological polar surface area (TPSA) is 81.1 Å². The molecule has 21 heavy (non-hydrogen) atoms. The number of hydrogen-bond donors (Lipinski definition) is 3. The Morgan fingerprint density at radius 2 is 2.05 bits per heavy atom. The van der Waals surface area contributed by atoms with E-state index in [1.54, 1.807) is 6.07 Å². The number of nitrogens with two attached hydrogens (primary N) is 2. The lowest BCUT2D eigenvalue weighted by molar-refractivity contribution is 0.100. The van der Waals surface area contributed by atoms with E-state index in [2.05, 4.69) is 21.2 Å². The molecule has 0 heterocycles. The van der Waals surface area contributed by atoms with Gasteiger partial charge in [-0.1, -0.05) is 39.7 Å². The molecule has 0 saturated carbocycles. The lowest BCUT2D eigenvalue weighted by Crippen LogP contribution is -2.17. The summed E-state index contributed by atoms with van der Waals surface area (Å²) in [5, 5.41) is 3.59. The van der Waals surface area contributed by atoms with Crippen molar-refractivity contribution in [1.82, 2.24) is 0 Å². The number of benzene rings is 2. The molecule has 4 nitrogen and oxygen atoms in total. The van der Waals surface area contributed by atoms with Gasteiger partial charge in [0.1, 0.15) is 0 Å². The van der Waals surface area contributed by atoms with Crippen molar-refractivity contribution in [3.63, 3.8) is 0 Å². The van der Waals surface area contributed by atoms with Crippen molar-refractivity contribution in [1.29, 1.82) is 0 Å². The number of primary amides is 1. The maximum absolute atomic E-state index is 11.6. The summed E-state index contributed by atoms with van der Waals surface area (Å²) in [5.74, 6) is -0.576. The Morgan fingerprint density at radius 3 is 2.67 bits per heavy atom. The predicted octanol–water partition coefficient (Wildman–Crippen LogP) is 3.96. The number of carbonyl (C=O) groups is 1. The number of hydrogen-bond acceptors (Lipinski definition) is 3. The Hall–Kier alpha value is -1.72. The van der Waals surface area contributed by atoms with E-state index in [0.29, 0.717) is 16.4 Å². The lowest BCUT2D eigenvalue weighted by atomic mass is 10.1. The molecule has 2 rings (SSSR count). The first-order chi connectivity index (χ1) is 9.88. The molecule has 2 aromatic carbocycles. The summed E-state index contributed by atoms with van der Waals surface area (Å²) in [6.45, 7) is 1.97. The van der Waals surface area contributed by atoms with Crippen LogP contribution in [0.15, 0.2) is 40.9 Å². The number of anilines is 2. The molecule has 1 atom stereocenters. The number of nitrogen functional groups attached to an aromatic ring is 1. The highest BCUT2D eigenvalue weighted by atomic mass is 79.9. The van der Waals surface area contributed by atoms with Crippen molar-refractivity contribution in [2.24, 2.45) is 5.73 Å². The maximum Gasteiger partial charge on any atom is 0.250 e. The highest BCUT2D eigenvalue weighted by molar-refractivity contribution is 9.10. The molecule has 0 aromatic heterocycles. The average molecular weight is 369 g/mol. The molecular weight excluding hydrogens is 354 g/mol. The van der Waals surface area contributed by atoms with Gasteiger partial charge in [-0.25, -0.2) is 0 Å². The Labute approximate surface area is 136 Å². The van der Waals surface area contributed by atoms with E-state index in [4.69, 9.17) is 23.1 Å². The molecule has 0 spiro atoms.